The Balaban J connectivity index is 1.94. The number of likely N-dealkylation sites (tertiary alicyclic amines) is 1. The number of carbonyl (C=O) groups excluding carboxylic acids is 1. The van der Waals surface area contributed by atoms with E-state index in [0.29, 0.717) is 31.9 Å². The topological polar surface area (TPSA) is 49.8 Å². The molecule has 1 amide bonds. The van der Waals surface area contributed by atoms with Crippen LogP contribution in [0.3, 0.4) is 0 Å². The highest BCUT2D eigenvalue weighted by molar-refractivity contribution is 5.78. The molecule has 0 aromatic carbocycles. The molecule has 1 atom stereocenters. The number of amides is 1. The number of nitrogens with zero attached hydrogens (tertiary/aromatic N) is 1. The molecule has 2 aliphatic rings. The molecule has 0 bridgehead atoms. The molecule has 2 aliphatic heterocycles. The highest BCUT2D eigenvalue weighted by Gasteiger charge is 2.29. The third-order valence-corrected chi connectivity index (χ3v) is 3.63. The number of allylic oxidation sites excluding steroid dienone is 3. The fourth-order valence-corrected chi connectivity index (χ4v) is 2.63. The molecule has 1 saturated heterocycles. The van der Waals surface area contributed by atoms with Crippen LogP contribution in [0.15, 0.2) is 35.9 Å². The first kappa shape index (κ1) is 14.8. The van der Waals surface area contributed by atoms with Gasteiger partial charge in [-0.1, -0.05) is 12.7 Å². The van der Waals surface area contributed by atoms with Crippen LogP contribution in [-0.4, -0.2) is 42.2 Å². The maximum atomic E-state index is 14.0. The fraction of sp³-hybridized carbons (Fsp3) is 0.533. The van der Waals surface area contributed by atoms with Gasteiger partial charge in [-0.05, 0) is 11.5 Å². The van der Waals surface area contributed by atoms with Crippen molar-refractivity contribution in [3.63, 3.8) is 0 Å². The number of hydrogen-bond acceptors (Lipinski definition) is 3. The van der Waals surface area contributed by atoms with Crippen LogP contribution in [0.25, 0.3) is 0 Å². The van der Waals surface area contributed by atoms with Crippen molar-refractivity contribution >= 4 is 5.91 Å². The van der Waals surface area contributed by atoms with Crippen molar-refractivity contribution in [3.8, 4) is 0 Å². The molecular formula is C15H20FNO3. The van der Waals surface area contributed by atoms with Gasteiger partial charge >= 0.3 is 0 Å². The first-order valence-corrected chi connectivity index (χ1v) is 6.87. The average Bonchev–Trinajstić information content (AvgIpc) is 2.97. The molecule has 0 aromatic rings. The van der Waals surface area contributed by atoms with Gasteiger partial charge in [0.25, 0.3) is 0 Å². The predicted octanol–water partition coefficient (Wildman–Crippen LogP) is 1.93. The van der Waals surface area contributed by atoms with E-state index in [1.165, 1.54) is 6.08 Å². The Morgan fingerprint density at radius 1 is 1.60 bits per heavy atom. The van der Waals surface area contributed by atoms with Gasteiger partial charge in [-0.3, -0.25) is 4.79 Å². The molecule has 5 heteroatoms. The highest BCUT2D eigenvalue weighted by Crippen LogP contribution is 2.28. The minimum Gasteiger partial charge on any atom is -0.493 e. The molecule has 20 heavy (non-hydrogen) atoms. The molecule has 0 aliphatic carbocycles. The largest absolute Gasteiger partial charge is 0.493 e. The second-order valence-corrected chi connectivity index (χ2v) is 5.12. The quantitative estimate of drug-likeness (QED) is 0.809. The number of β-amino-alcohol motifs (C(OH)–C–C–N with tert-alkyl or cyclic N) is 1. The Morgan fingerprint density at radius 3 is 3.10 bits per heavy atom. The van der Waals surface area contributed by atoms with Crippen LogP contribution in [0.4, 0.5) is 4.39 Å². The smallest absolute Gasteiger partial charge is 0.223 e. The Morgan fingerprint density at radius 2 is 2.40 bits per heavy atom. The molecule has 0 saturated carbocycles. The SMILES string of the molecule is C=CC1=C(/C=C(/F)CC2CC(=O)N(CCO)C2)OCC1. The van der Waals surface area contributed by atoms with Gasteiger partial charge in [-0.25, -0.2) is 4.39 Å². The van der Waals surface area contributed by atoms with Gasteiger partial charge in [-0.2, -0.15) is 0 Å². The van der Waals surface area contributed by atoms with Crippen molar-refractivity contribution in [1.82, 2.24) is 4.90 Å². The van der Waals surface area contributed by atoms with E-state index in [9.17, 15) is 9.18 Å². The monoisotopic (exact) mass is 281 g/mol. The van der Waals surface area contributed by atoms with Crippen molar-refractivity contribution in [2.45, 2.75) is 19.3 Å². The van der Waals surface area contributed by atoms with Crippen LogP contribution in [0.2, 0.25) is 0 Å². The second kappa shape index (κ2) is 6.70. The van der Waals surface area contributed by atoms with E-state index in [1.807, 2.05) is 0 Å². The van der Waals surface area contributed by atoms with Crippen molar-refractivity contribution in [2.24, 2.45) is 5.92 Å². The standard InChI is InChI=1S/C15H20FNO3/c1-2-12-3-6-20-14(12)9-13(16)7-11-8-15(19)17(10-11)4-5-18/h2,9,11,18H,1,3-8,10H2/b13-9+. The van der Waals surface area contributed by atoms with Gasteiger partial charge < -0.3 is 14.7 Å². The summed E-state index contributed by atoms with van der Waals surface area (Å²) in [5, 5.41) is 8.85. The number of ether oxygens (including phenoxy) is 1. The number of halogens is 1. The van der Waals surface area contributed by atoms with Gasteiger partial charge in [0, 0.05) is 38.4 Å². The van der Waals surface area contributed by atoms with E-state index < -0.39 is 0 Å². The summed E-state index contributed by atoms with van der Waals surface area (Å²) in [6, 6.07) is 0. The maximum absolute atomic E-state index is 14.0. The molecule has 4 nitrogen and oxygen atoms in total. The van der Waals surface area contributed by atoms with Gasteiger partial charge in [0.2, 0.25) is 5.91 Å². The molecule has 1 unspecified atom stereocenters. The van der Waals surface area contributed by atoms with Gasteiger partial charge in [-0.15, -0.1) is 0 Å². The maximum Gasteiger partial charge on any atom is 0.223 e. The van der Waals surface area contributed by atoms with Gasteiger partial charge in [0.05, 0.1) is 13.2 Å². The van der Waals surface area contributed by atoms with Gasteiger partial charge in [0.1, 0.15) is 11.6 Å². The molecule has 0 aromatic heterocycles. The molecule has 110 valence electrons. The zero-order chi connectivity index (χ0) is 14.5. The second-order valence-electron chi connectivity index (χ2n) is 5.12. The Labute approximate surface area is 118 Å². The Hall–Kier alpha value is -1.62. The first-order valence-electron chi connectivity index (χ1n) is 6.87. The van der Waals surface area contributed by atoms with E-state index in [0.717, 1.165) is 12.0 Å². The zero-order valence-corrected chi connectivity index (χ0v) is 11.5. The lowest BCUT2D eigenvalue weighted by atomic mass is 10.0. The molecule has 2 rings (SSSR count). The van der Waals surface area contributed by atoms with Crippen molar-refractivity contribution in [1.29, 1.82) is 0 Å². The number of carbonyl (C=O) groups is 1. The molecule has 0 radical (unpaired) electrons. The third-order valence-electron chi connectivity index (χ3n) is 3.63. The average molecular weight is 281 g/mol. The third kappa shape index (κ3) is 3.48. The van der Waals surface area contributed by atoms with Crippen LogP contribution in [0.1, 0.15) is 19.3 Å². The number of rotatable bonds is 6. The van der Waals surface area contributed by atoms with E-state index >= 15 is 0 Å². The molecule has 0 spiro atoms. The van der Waals surface area contributed by atoms with E-state index in [-0.39, 0.29) is 30.7 Å². The lowest BCUT2D eigenvalue weighted by Crippen LogP contribution is -2.28. The summed E-state index contributed by atoms with van der Waals surface area (Å²) in [5.41, 5.74) is 0.921. The summed E-state index contributed by atoms with van der Waals surface area (Å²) >= 11 is 0. The van der Waals surface area contributed by atoms with Gasteiger partial charge in [0.15, 0.2) is 0 Å². The van der Waals surface area contributed by atoms with Crippen LogP contribution in [-0.2, 0) is 9.53 Å². The molecule has 2 heterocycles. The zero-order valence-electron chi connectivity index (χ0n) is 11.5. The summed E-state index contributed by atoms with van der Waals surface area (Å²) in [7, 11) is 0. The number of aliphatic hydroxyl groups is 1. The van der Waals surface area contributed by atoms with Crippen LogP contribution in [0, 0.1) is 5.92 Å². The number of aliphatic hydroxyl groups excluding tert-OH is 1. The lowest BCUT2D eigenvalue weighted by Gasteiger charge is -2.14. The highest BCUT2D eigenvalue weighted by atomic mass is 19.1. The Bertz CT molecular complexity index is 456. The fourth-order valence-electron chi connectivity index (χ4n) is 2.63. The number of hydrogen-bond donors (Lipinski definition) is 1. The van der Waals surface area contributed by atoms with Crippen molar-refractivity contribution < 1.29 is 19.0 Å². The normalized spacial score (nSPS) is 23.5. The lowest BCUT2D eigenvalue weighted by molar-refractivity contribution is -0.128. The minimum absolute atomic E-state index is 0.0139. The van der Waals surface area contributed by atoms with E-state index in [1.54, 1.807) is 11.0 Å². The summed E-state index contributed by atoms with van der Waals surface area (Å²) in [6.45, 7) is 5.02. The molecule has 1 N–H and O–H groups in total. The minimum atomic E-state index is -0.273. The summed E-state index contributed by atoms with van der Waals surface area (Å²) in [6.07, 6.45) is 4.42. The summed E-state index contributed by atoms with van der Waals surface area (Å²) in [4.78, 5) is 13.2. The van der Waals surface area contributed by atoms with E-state index in [4.69, 9.17) is 9.84 Å². The van der Waals surface area contributed by atoms with Crippen molar-refractivity contribution in [2.75, 3.05) is 26.3 Å². The molecular weight excluding hydrogens is 261 g/mol. The Kier molecular flexibility index (Phi) is 4.95. The van der Waals surface area contributed by atoms with Crippen LogP contribution >= 0.6 is 0 Å². The summed E-state index contributed by atoms with van der Waals surface area (Å²) in [5.74, 6) is 0.235. The van der Waals surface area contributed by atoms with Crippen LogP contribution < -0.4 is 0 Å². The first-order chi connectivity index (χ1) is 9.63. The van der Waals surface area contributed by atoms with Crippen LogP contribution in [0.5, 0.6) is 0 Å². The van der Waals surface area contributed by atoms with E-state index in [2.05, 4.69) is 6.58 Å². The van der Waals surface area contributed by atoms with Crippen molar-refractivity contribution in [3.05, 3.63) is 35.9 Å². The predicted molar refractivity (Wildman–Crippen MR) is 73.4 cm³/mol. The molecule has 1 fully saturated rings. The summed E-state index contributed by atoms with van der Waals surface area (Å²) < 4.78 is 19.3.